The lowest BCUT2D eigenvalue weighted by Crippen LogP contribution is -2.47. The molecule has 0 rings (SSSR count). The molecule has 0 aromatic rings. The van der Waals surface area contributed by atoms with E-state index < -0.39 is 34.7 Å². The van der Waals surface area contributed by atoms with Crippen molar-refractivity contribution in [2.24, 2.45) is 5.73 Å². The lowest BCUT2D eigenvalue weighted by atomic mass is 10.1. The van der Waals surface area contributed by atoms with Crippen LogP contribution < -0.4 is 11.1 Å². The Labute approximate surface area is 126 Å². The minimum Gasteiger partial charge on any atom is -0.458 e. The highest BCUT2D eigenvalue weighted by atomic mass is 32.1. The summed E-state index contributed by atoms with van der Waals surface area (Å²) in [5.74, 6) is -0.562. The maximum atomic E-state index is 12.0. The summed E-state index contributed by atoms with van der Waals surface area (Å²) in [6.45, 7) is 10.4. The number of ether oxygens (including phenoxy) is 2. The van der Waals surface area contributed by atoms with Crippen molar-refractivity contribution in [1.29, 1.82) is 0 Å². The largest absolute Gasteiger partial charge is 0.458 e. The monoisotopic (exact) mass is 306 g/mol. The van der Waals surface area contributed by atoms with Gasteiger partial charge in [0.25, 0.3) is 0 Å². The van der Waals surface area contributed by atoms with Crippen molar-refractivity contribution in [2.45, 2.75) is 70.6 Å². The van der Waals surface area contributed by atoms with Crippen LogP contribution in [0.2, 0.25) is 0 Å². The van der Waals surface area contributed by atoms with Gasteiger partial charge in [-0.25, -0.2) is 9.59 Å². The third kappa shape index (κ3) is 9.91. The third-order valence-corrected chi connectivity index (χ3v) is 2.07. The molecule has 1 amide bonds. The Morgan fingerprint density at radius 3 is 1.90 bits per heavy atom. The van der Waals surface area contributed by atoms with Gasteiger partial charge in [0.05, 0.1) is 5.37 Å². The molecule has 0 unspecified atom stereocenters. The lowest BCUT2D eigenvalue weighted by molar-refractivity contribution is -0.157. The van der Waals surface area contributed by atoms with Crippen molar-refractivity contribution in [3.63, 3.8) is 0 Å². The Bertz CT molecular complexity index is 345. The maximum Gasteiger partial charge on any atom is 0.408 e. The highest BCUT2D eigenvalue weighted by molar-refractivity contribution is 7.80. The van der Waals surface area contributed by atoms with Crippen molar-refractivity contribution in [3.05, 3.63) is 0 Å². The fraction of sp³-hybridized carbons (Fsp3) is 0.846. The first-order valence-electron chi connectivity index (χ1n) is 6.46. The van der Waals surface area contributed by atoms with Crippen LogP contribution in [0.5, 0.6) is 0 Å². The molecule has 0 saturated heterocycles. The number of carbonyl (C=O) groups is 2. The van der Waals surface area contributed by atoms with Crippen molar-refractivity contribution in [1.82, 2.24) is 5.32 Å². The molecule has 0 heterocycles. The van der Waals surface area contributed by atoms with Crippen LogP contribution in [-0.2, 0) is 14.3 Å². The standard InChI is InChI=1S/C13H26N2O4S/c1-12(2,3)18-10(16)8(7-9(14)20)15-11(17)19-13(4,5)6/h8-9,20H,7,14H2,1-6H3,(H,15,17)/t8-,9-/m0/s1. The van der Waals surface area contributed by atoms with Crippen molar-refractivity contribution in [3.8, 4) is 0 Å². The van der Waals surface area contributed by atoms with Gasteiger partial charge in [-0.3, -0.25) is 0 Å². The Balaban J connectivity index is 4.73. The zero-order valence-electron chi connectivity index (χ0n) is 13.0. The van der Waals surface area contributed by atoms with Crippen LogP contribution in [0.15, 0.2) is 0 Å². The molecule has 0 aliphatic carbocycles. The number of carbonyl (C=O) groups excluding carboxylic acids is 2. The van der Waals surface area contributed by atoms with Crippen LogP contribution in [-0.4, -0.2) is 34.7 Å². The Morgan fingerprint density at radius 2 is 1.55 bits per heavy atom. The lowest BCUT2D eigenvalue weighted by Gasteiger charge is -2.26. The molecule has 3 N–H and O–H groups in total. The first kappa shape index (κ1) is 19.1. The van der Waals surface area contributed by atoms with Gasteiger partial charge < -0.3 is 20.5 Å². The summed E-state index contributed by atoms with van der Waals surface area (Å²) in [5, 5.41) is 1.91. The van der Waals surface area contributed by atoms with E-state index in [1.165, 1.54) is 0 Å². The molecule has 7 heteroatoms. The summed E-state index contributed by atoms with van der Waals surface area (Å²) >= 11 is 4.03. The fourth-order valence-corrected chi connectivity index (χ4v) is 1.49. The Kier molecular flexibility index (Phi) is 6.83. The van der Waals surface area contributed by atoms with Gasteiger partial charge >= 0.3 is 12.1 Å². The van der Waals surface area contributed by atoms with Crippen LogP contribution in [0.4, 0.5) is 4.79 Å². The number of nitrogens with one attached hydrogen (secondary N) is 1. The summed E-state index contributed by atoms with van der Waals surface area (Å²) in [5.41, 5.74) is 4.27. The van der Waals surface area contributed by atoms with Gasteiger partial charge in [0.2, 0.25) is 0 Å². The minimum atomic E-state index is -0.892. The van der Waals surface area contributed by atoms with E-state index in [2.05, 4.69) is 17.9 Å². The molecule has 0 saturated carbocycles. The van der Waals surface area contributed by atoms with Crippen LogP contribution in [0.3, 0.4) is 0 Å². The molecular weight excluding hydrogens is 280 g/mol. The fourth-order valence-electron chi connectivity index (χ4n) is 1.28. The second-order valence-electron chi connectivity index (χ2n) is 6.54. The van der Waals surface area contributed by atoms with Gasteiger partial charge in [-0.2, -0.15) is 12.6 Å². The van der Waals surface area contributed by atoms with E-state index in [9.17, 15) is 9.59 Å². The second kappa shape index (κ2) is 7.17. The van der Waals surface area contributed by atoms with Crippen LogP contribution in [0, 0.1) is 0 Å². The van der Waals surface area contributed by atoms with Gasteiger partial charge in [0.1, 0.15) is 17.2 Å². The molecular formula is C13H26N2O4S. The quantitative estimate of drug-likeness (QED) is 0.419. The zero-order chi connectivity index (χ0) is 16.1. The van der Waals surface area contributed by atoms with E-state index in [1.807, 2.05) is 0 Å². The molecule has 118 valence electrons. The average Bonchev–Trinajstić information content (AvgIpc) is 2.09. The SMILES string of the molecule is CC(C)(C)OC(=O)N[C@@H](C[C@@H](N)S)C(=O)OC(C)(C)C. The van der Waals surface area contributed by atoms with Crippen molar-refractivity contribution >= 4 is 24.7 Å². The number of hydrogen-bond donors (Lipinski definition) is 3. The molecule has 2 atom stereocenters. The summed E-state index contributed by atoms with van der Waals surface area (Å²) in [4.78, 5) is 23.7. The summed E-state index contributed by atoms with van der Waals surface area (Å²) in [7, 11) is 0. The predicted molar refractivity (Wildman–Crippen MR) is 80.6 cm³/mol. The zero-order valence-corrected chi connectivity index (χ0v) is 13.9. The van der Waals surface area contributed by atoms with Crippen LogP contribution in [0.1, 0.15) is 48.0 Å². The molecule has 0 bridgehead atoms. The van der Waals surface area contributed by atoms with E-state index in [-0.39, 0.29) is 6.42 Å². The maximum absolute atomic E-state index is 12.0. The molecule has 0 aliphatic rings. The molecule has 0 fully saturated rings. The summed E-state index contributed by atoms with van der Waals surface area (Å²) in [6, 6.07) is -0.892. The molecule has 0 radical (unpaired) electrons. The molecule has 0 aromatic carbocycles. The van der Waals surface area contributed by atoms with E-state index in [4.69, 9.17) is 15.2 Å². The van der Waals surface area contributed by atoms with Gasteiger partial charge in [-0.1, -0.05) is 0 Å². The van der Waals surface area contributed by atoms with Crippen LogP contribution >= 0.6 is 12.6 Å². The predicted octanol–water partition coefficient (Wildman–Crippen LogP) is 1.83. The number of nitrogens with two attached hydrogens (primary N) is 1. The molecule has 0 aliphatic heterocycles. The topological polar surface area (TPSA) is 90.6 Å². The van der Waals surface area contributed by atoms with Crippen molar-refractivity contribution in [2.75, 3.05) is 0 Å². The molecule has 0 aromatic heterocycles. The summed E-state index contributed by atoms with van der Waals surface area (Å²) < 4.78 is 10.3. The number of thiol groups is 1. The average molecular weight is 306 g/mol. The molecule has 20 heavy (non-hydrogen) atoms. The van der Waals surface area contributed by atoms with Gasteiger partial charge in [0, 0.05) is 6.42 Å². The minimum absolute atomic E-state index is 0.150. The van der Waals surface area contributed by atoms with E-state index in [1.54, 1.807) is 41.5 Å². The smallest absolute Gasteiger partial charge is 0.408 e. The van der Waals surface area contributed by atoms with E-state index in [0.717, 1.165) is 0 Å². The van der Waals surface area contributed by atoms with Gasteiger partial charge in [-0.15, -0.1) is 0 Å². The Hall–Kier alpha value is -0.950. The van der Waals surface area contributed by atoms with Gasteiger partial charge in [0.15, 0.2) is 0 Å². The molecule has 6 nitrogen and oxygen atoms in total. The second-order valence-corrected chi connectivity index (χ2v) is 7.20. The number of hydrogen-bond acceptors (Lipinski definition) is 6. The first-order valence-corrected chi connectivity index (χ1v) is 6.98. The number of esters is 1. The van der Waals surface area contributed by atoms with Crippen LogP contribution in [0.25, 0.3) is 0 Å². The van der Waals surface area contributed by atoms with E-state index >= 15 is 0 Å². The van der Waals surface area contributed by atoms with Gasteiger partial charge in [-0.05, 0) is 41.5 Å². The highest BCUT2D eigenvalue weighted by Gasteiger charge is 2.29. The third-order valence-electron chi connectivity index (χ3n) is 1.86. The normalized spacial score (nSPS) is 15.2. The number of alkyl carbamates (subject to hydrolysis) is 1. The molecule has 0 spiro atoms. The number of amides is 1. The number of rotatable bonds is 4. The highest BCUT2D eigenvalue weighted by Crippen LogP contribution is 2.12. The Morgan fingerprint density at radius 1 is 1.10 bits per heavy atom. The first-order chi connectivity index (χ1) is 8.80. The van der Waals surface area contributed by atoms with E-state index in [0.29, 0.717) is 0 Å². The van der Waals surface area contributed by atoms with Crippen molar-refractivity contribution < 1.29 is 19.1 Å². The summed E-state index contributed by atoms with van der Waals surface area (Å²) in [6.07, 6.45) is -0.542.